The van der Waals surface area contributed by atoms with Crippen LogP contribution < -0.4 is 10.6 Å². The predicted octanol–water partition coefficient (Wildman–Crippen LogP) is 3.56. The van der Waals surface area contributed by atoms with Crippen LogP contribution in [0.4, 0.5) is 4.79 Å². The van der Waals surface area contributed by atoms with Crippen LogP contribution in [0.5, 0.6) is 0 Å². The summed E-state index contributed by atoms with van der Waals surface area (Å²) in [5.74, 6) is -0.382. The van der Waals surface area contributed by atoms with E-state index in [1.165, 1.54) is 15.8 Å². The number of benzene rings is 2. The Morgan fingerprint density at radius 2 is 1.84 bits per heavy atom. The zero-order chi connectivity index (χ0) is 22.1. The number of H-pyrrole nitrogens is 1. The van der Waals surface area contributed by atoms with Crippen molar-refractivity contribution in [2.45, 2.75) is 50.7 Å². The lowest BCUT2D eigenvalue weighted by atomic mass is 9.91. The predicted molar refractivity (Wildman–Crippen MR) is 121 cm³/mol. The number of aryl methyl sites for hydroxylation is 1. The van der Waals surface area contributed by atoms with Crippen LogP contribution in [0, 0.1) is 0 Å². The van der Waals surface area contributed by atoms with Crippen molar-refractivity contribution in [1.29, 1.82) is 0 Å². The van der Waals surface area contributed by atoms with Crippen LogP contribution in [0.1, 0.15) is 48.5 Å². The molecule has 1 aliphatic heterocycles. The molecule has 32 heavy (non-hydrogen) atoms. The van der Waals surface area contributed by atoms with Gasteiger partial charge in [0.2, 0.25) is 5.91 Å². The number of rotatable bonds is 6. The van der Waals surface area contributed by atoms with Crippen molar-refractivity contribution < 1.29 is 14.4 Å². The molecule has 0 saturated carbocycles. The number of para-hydroxylation sites is 1. The third kappa shape index (κ3) is 3.86. The van der Waals surface area contributed by atoms with Gasteiger partial charge in [0.15, 0.2) is 0 Å². The molecular weight excluding hydrogens is 404 g/mol. The fraction of sp³-hybridized carbons (Fsp3) is 0.320. The molecular formula is C25H26N4O3. The maximum atomic E-state index is 12.7. The summed E-state index contributed by atoms with van der Waals surface area (Å²) >= 11 is 0. The Morgan fingerprint density at radius 1 is 1.06 bits per heavy atom. The highest BCUT2D eigenvalue weighted by atomic mass is 16.2. The van der Waals surface area contributed by atoms with Crippen molar-refractivity contribution in [3.8, 4) is 0 Å². The minimum absolute atomic E-state index is 0.0536. The van der Waals surface area contributed by atoms with E-state index in [2.05, 4.69) is 27.8 Å². The summed E-state index contributed by atoms with van der Waals surface area (Å²) < 4.78 is 0. The zero-order valence-electron chi connectivity index (χ0n) is 17.8. The third-order valence-electron chi connectivity index (χ3n) is 6.40. The van der Waals surface area contributed by atoms with Crippen molar-refractivity contribution in [2.24, 2.45) is 0 Å². The second kappa shape index (κ2) is 8.49. The van der Waals surface area contributed by atoms with Gasteiger partial charge in [-0.1, -0.05) is 48.5 Å². The van der Waals surface area contributed by atoms with Crippen molar-refractivity contribution >= 4 is 28.7 Å². The Hall–Kier alpha value is -3.61. The first-order valence-electron chi connectivity index (χ1n) is 11.1. The molecule has 0 bridgehead atoms. The Kier molecular flexibility index (Phi) is 5.39. The number of hydrogen-bond donors (Lipinski definition) is 3. The molecule has 7 nitrogen and oxygen atoms in total. The minimum Gasteiger partial charge on any atom is -0.356 e. The maximum Gasteiger partial charge on any atom is 0.325 e. The van der Waals surface area contributed by atoms with Crippen molar-refractivity contribution in [2.75, 3.05) is 0 Å². The number of aromatic nitrogens is 1. The normalized spacial score (nSPS) is 20.3. The lowest BCUT2D eigenvalue weighted by molar-refractivity contribution is -0.128. The summed E-state index contributed by atoms with van der Waals surface area (Å²) in [4.78, 5) is 42.4. The van der Waals surface area contributed by atoms with E-state index in [9.17, 15) is 14.4 Å². The molecule has 3 aromatic rings. The fourth-order valence-electron chi connectivity index (χ4n) is 4.79. The number of amides is 4. The van der Waals surface area contributed by atoms with Crippen LogP contribution in [0.15, 0.2) is 54.6 Å². The van der Waals surface area contributed by atoms with Crippen LogP contribution in [0.25, 0.3) is 10.9 Å². The maximum absolute atomic E-state index is 12.7. The Bertz CT molecular complexity index is 1170. The molecule has 1 saturated heterocycles. The summed E-state index contributed by atoms with van der Waals surface area (Å²) in [5.41, 5.74) is 4.36. The molecule has 4 amide bonds. The smallest absolute Gasteiger partial charge is 0.325 e. The van der Waals surface area contributed by atoms with E-state index in [-0.39, 0.29) is 37.2 Å². The van der Waals surface area contributed by atoms with E-state index in [1.54, 1.807) is 0 Å². The number of aromatic amines is 1. The fourth-order valence-corrected chi connectivity index (χ4v) is 4.79. The quantitative estimate of drug-likeness (QED) is 0.522. The largest absolute Gasteiger partial charge is 0.356 e. The summed E-state index contributed by atoms with van der Waals surface area (Å²) in [6, 6.07) is 16.5. The number of nitrogens with one attached hydrogen (secondary N) is 3. The highest BCUT2D eigenvalue weighted by Gasteiger charge is 2.38. The van der Waals surface area contributed by atoms with E-state index in [4.69, 9.17) is 0 Å². The molecule has 3 N–H and O–H groups in total. The number of carbonyl (C=O) groups is 3. The molecule has 2 aromatic carbocycles. The number of fused-ring (bicyclic) bond motifs is 3. The molecule has 0 unspecified atom stereocenters. The van der Waals surface area contributed by atoms with E-state index in [0.29, 0.717) is 0 Å². The van der Waals surface area contributed by atoms with Crippen LogP contribution in [-0.4, -0.2) is 33.8 Å². The van der Waals surface area contributed by atoms with Gasteiger partial charge < -0.3 is 15.6 Å². The first-order valence-corrected chi connectivity index (χ1v) is 11.1. The number of carbonyl (C=O) groups excluding carboxylic acids is 3. The molecule has 1 fully saturated rings. The summed E-state index contributed by atoms with van der Waals surface area (Å²) in [5, 5.41) is 7.07. The Balaban J connectivity index is 1.19. The van der Waals surface area contributed by atoms with Crippen LogP contribution >= 0.6 is 0 Å². The molecule has 7 heteroatoms. The topological polar surface area (TPSA) is 94.3 Å². The van der Waals surface area contributed by atoms with Gasteiger partial charge >= 0.3 is 6.03 Å². The summed E-state index contributed by atoms with van der Waals surface area (Å²) in [6.07, 6.45) is 3.38. The number of hydrogen-bond acceptors (Lipinski definition) is 3. The molecule has 2 atom stereocenters. The van der Waals surface area contributed by atoms with Crippen LogP contribution in [0.3, 0.4) is 0 Å². The molecule has 0 spiro atoms. The van der Waals surface area contributed by atoms with E-state index in [0.717, 1.165) is 36.0 Å². The first kappa shape index (κ1) is 20.3. The lowest BCUT2D eigenvalue weighted by Gasteiger charge is -2.24. The summed E-state index contributed by atoms with van der Waals surface area (Å²) in [7, 11) is 0. The third-order valence-corrected chi connectivity index (χ3v) is 6.40. The minimum atomic E-state index is -0.660. The van der Waals surface area contributed by atoms with Gasteiger partial charge in [-0.2, -0.15) is 0 Å². The van der Waals surface area contributed by atoms with Crippen molar-refractivity contribution in [1.82, 2.24) is 20.5 Å². The van der Waals surface area contributed by atoms with Crippen LogP contribution in [0.2, 0.25) is 0 Å². The van der Waals surface area contributed by atoms with E-state index < -0.39 is 12.1 Å². The zero-order valence-corrected chi connectivity index (χ0v) is 17.8. The first-order chi connectivity index (χ1) is 15.6. The molecule has 1 aromatic heterocycles. The van der Waals surface area contributed by atoms with Gasteiger partial charge in [0.1, 0.15) is 6.04 Å². The summed E-state index contributed by atoms with van der Waals surface area (Å²) in [6.45, 7) is 0.236. The van der Waals surface area contributed by atoms with Gasteiger partial charge in [-0.3, -0.25) is 14.5 Å². The Morgan fingerprint density at radius 3 is 2.69 bits per heavy atom. The van der Waals surface area contributed by atoms with Crippen LogP contribution in [-0.2, 0) is 22.6 Å². The van der Waals surface area contributed by atoms with E-state index >= 15 is 0 Å². The average molecular weight is 431 g/mol. The number of urea groups is 1. The number of imide groups is 1. The molecule has 2 heterocycles. The lowest BCUT2D eigenvalue weighted by Crippen LogP contribution is -2.34. The van der Waals surface area contributed by atoms with E-state index in [1.807, 2.05) is 42.5 Å². The highest BCUT2D eigenvalue weighted by molar-refractivity contribution is 6.04. The second-order valence-corrected chi connectivity index (χ2v) is 8.53. The molecule has 5 rings (SSSR count). The van der Waals surface area contributed by atoms with Gasteiger partial charge in [0.05, 0.1) is 12.6 Å². The van der Waals surface area contributed by atoms with Crippen molar-refractivity contribution in [3.05, 3.63) is 71.4 Å². The molecule has 1 aliphatic carbocycles. The van der Waals surface area contributed by atoms with Gasteiger partial charge in [0.25, 0.3) is 5.91 Å². The van der Waals surface area contributed by atoms with Gasteiger partial charge in [0, 0.05) is 23.0 Å². The standard InChI is InChI=1S/C25H26N4O3/c30-22(26-20-12-6-10-18-17-9-4-5-11-19(17)27-23(18)20)14-13-21-24(31)29(25(32)28-21)15-16-7-2-1-3-8-16/h1-5,7-9,11,20-21,27H,6,10,12-15H2,(H,26,30)(H,28,32)/t20-,21+/m0/s1. The number of nitrogens with zero attached hydrogens (tertiary/aromatic N) is 1. The molecule has 164 valence electrons. The average Bonchev–Trinajstić information content (AvgIpc) is 3.32. The molecule has 0 radical (unpaired) electrons. The van der Waals surface area contributed by atoms with Gasteiger partial charge in [-0.05, 0) is 42.9 Å². The monoisotopic (exact) mass is 430 g/mol. The SMILES string of the molecule is O=C(CC[C@H]1NC(=O)N(Cc2ccccc2)C1=O)N[C@H]1CCCc2c1[nH]c1ccccc21. The molecule has 2 aliphatic rings. The second-order valence-electron chi connectivity index (χ2n) is 8.53. The highest BCUT2D eigenvalue weighted by Crippen LogP contribution is 2.34. The Labute approximate surface area is 186 Å². The van der Waals surface area contributed by atoms with Gasteiger partial charge in [-0.15, -0.1) is 0 Å². The van der Waals surface area contributed by atoms with Crippen molar-refractivity contribution in [3.63, 3.8) is 0 Å². The van der Waals surface area contributed by atoms with Gasteiger partial charge in [-0.25, -0.2) is 4.79 Å².